The first-order valence-corrected chi connectivity index (χ1v) is 9.39. The third-order valence-corrected chi connectivity index (χ3v) is 5.12. The van der Waals surface area contributed by atoms with E-state index in [-0.39, 0.29) is 5.92 Å². The Morgan fingerprint density at radius 1 is 1.12 bits per heavy atom. The molecule has 1 N–H and O–H groups in total. The molecule has 1 aromatic carbocycles. The molecular weight excluding hydrogens is 382 g/mol. The van der Waals surface area contributed by atoms with Crippen molar-refractivity contribution >= 4 is 21.9 Å². The zero-order chi connectivity index (χ0) is 17.6. The molecule has 25 heavy (non-hydrogen) atoms. The van der Waals surface area contributed by atoms with Crippen molar-refractivity contribution in [1.29, 1.82) is 0 Å². The molecule has 0 atom stereocenters. The molecule has 1 fully saturated rings. The second kappa shape index (κ2) is 8.54. The molecule has 0 unspecified atom stereocenters. The van der Waals surface area contributed by atoms with E-state index >= 15 is 0 Å². The smallest absolute Gasteiger partial charge is 0.306 e. The largest absolute Gasteiger partial charge is 0.481 e. The van der Waals surface area contributed by atoms with Crippen molar-refractivity contribution in [3.05, 3.63) is 58.1 Å². The number of nitrogens with zero attached hydrogens (tertiary/aromatic N) is 3. The third-order valence-electron chi connectivity index (χ3n) is 4.71. The van der Waals surface area contributed by atoms with Crippen LogP contribution in [0.4, 0.5) is 0 Å². The van der Waals surface area contributed by atoms with Gasteiger partial charge in [0.1, 0.15) is 5.82 Å². The number of aliphatic carboxylic acids is 1. The van der Waals surface area contributed by atoms with Crippen LogP contribution in [-0.2, 0) is 17.6 Å². The summed E-state index contributed by atoms with van der Waals surface area (Å²) in [6.07, 6.45) is 6.79. The van der Waals surface area contributed by atoms with Gasteiger partial charge in [0, 0.05) is 25.4 Å². The zero-order valence-electron chi connectivity index (χ0n) is 14.1. The molecule has 132 valence electrons. The van der Waals surface area contributed by atoms with E-state index < -0.39 is 5.97 Å². The van der Waals surface area contributed by atoms with Crippen LogP contribution in [0, 0.1) is 5.92 Å². The molecule has 1 aliphatic heterocycles. The molecule has 0 aliphatic carbocycles. The highest BCUT2D eigenvalue weighted by Gasteiger charge is 2.23. The second-order valence-electron chi connectivity index (χ2n) is 6.51. The zero-order valence-corrected chi connectivity index (χ0v) is 15.7. The Bertz CT molecular complexity index is 696. The lowest BCUT2D eigenvalue weighted by atomic mass is 9.97. The van der Waals surface area contributed by atoms with Crippen molar-refractivity contribution in [3.8, 4) is 0 Å². The molecule has 0 bridgehead atoms. The number of piperidine rings is 1. The van der Waals surface area contributed by atoms with Crippen molar-refractivity contribution in [2.75, 3.05) is 19.6 Å². The van der Waals surface area contributed by atoms with Gasteiger partial charge in [-0.2, -0.15) is 0 Å². The fourth-order valence-corrected chi connectivity index (χ4v) is 3.33. The quantitative estimate of drug-likeness (QED) is 0.801. The number of hydrogen-bond acceptors (Lipinski definition) is 4. The van der Waals surface area contributed by atoms with Crippen molar-refractivity contribution in [2.45, 2.75) is 25.7 Å². The molecule has 5 nitrogen and oxygen atoms in total. The summed E-state index contributed by atoms with van der Waals surface area (Å²) in [7, 11) is 0. The molecule has 0 amide bonds. The number of aromatic nitrogens is 2. The Hall–Kier alpha value is -1.79. The van der Waals surface area contributed by atoms with Gasteiger partial charge in [0.15, 0.2) is 0 Å². The first-order valence-electron chi connectivity index (χ1n) is 8.59. The summed E-state index contributed by atoms with van der Waals surface area (Å²) in [5.74, 6) is 0.0126. The number of hydrogen-bond donors (Lipinski definition) is 1. The maximum absolute atomic E-state index is 11.0. The highest BCUT2D eigenvalue weighted by molar-refractivity contribution is 9.10. The number of benzene rings is 1. The predicted octanol–water partition coefficient (Wildman–Crippen LogP) is 3.17. The van der Waals surface area contributed by atoms with Gasteiger partial charge in [-0.3, -0.25) is 4.79 Å². The Morgan fingerprint density at radius 3 is 2.32 bits per heavy atom. The number of likely N-dealkylation sites (tertiary alicyclic amines) is 1. The van der Waals surface area contributed by atoms with Crippen LogP contribution >= 0.6 is 15.9 Å². The van der Waals surface area contributed by atoms with Gasteiger partial charge in [-0.05, 0) is 59.4 Å². The van der Waals surface area contributed by atoms with Crippen LogP contribution in [0.3, 0.4) is 0 Å². The van der Waals surface area contributed by atoms with Crippen molar-refractivity contribution in [2.24, 2.45) is 5.92 Å². The standard InChI is InChI=1S/C19H22BrN3O2/c20-17-12-21-18(22-13-17)11-15-3-1-14(2-4-15)5-8-23-9-6-16(7-10-23)19(24)25/h1-4,12-13,16H,5-11H2,(H,24,25). The maximum atomic E-state index is 11.0. The van der Waals surface area contributed by atoms with Crippen LogP contribution in [0.1, 0.15) is 29.8 Å². The van der Waals surface area contributed by atoms with Crippen molar-refractivity contribution < 1.29 is 9.90 Å². The maximum Gasteiger partial charge on any atom is 0.306 e. The highest BCUT2D eigenvalue weighted by atomic mass is 79.9. The van der Waals surface area contributed by atoms with Gasteiger partial charge in [0.2, 0.25) is 0 Å². The van der Waals surface area contributed by atoms with Crippen LogP contribution in [0.15, 0.2) is 41.1 Å². The first kappa shape index (κ1) is 18.0. The number of carbonyl (C=O) groups is 1. The molecule has 1 aromatic heterocycles. The Labute approximate surface area is 156 Å². The summed E-state index contributed by atoms with van der Waals surface area (Å²) in [5, 5.41) is 9.05. The van der Waals surface area contributed by atoms with Crippen LogP contribution in [-0.4, -0.2) is 45.6 Å². The Balaban J connectivity index is 1.46. The number of carboxylic acids is 1. The molecule has 1 aliphatic rings. The minimum atomic E-state index is -0.648. The third kappa shape index (κ3) is 5.34. The molecule has 0 saturated carbocycles. The van der Waals surface area contributed by atoms with E-state index in [9.17, 15) is 4.79 Å². The number of carboxylic acid groups (broad SMARTS) is 1. The Morgan fingerprint density at radius 2 is 1.72 bits per heavy atom. The summed E-state index contributed by atoms with van der Waals surface area (Å²) in [5.41, 5.74) is 2.51. The SMILES string of the molecule is O=C(O)C1CCN(CCc2ccc(Cc3ncc(Br)cn3)cc2)CC1. The van der Waals surface area contributed by atoms with E-state index in [0.29, 0.717) is 0 Å². The summed E-state index contributed by atoms with van der Waals surface area (Å²) in [4.78, 5) is 22.0. The van der Waals surface area contributed by atoms with E-state index in [2.05, 4.69) is 55.1 Å². The van der Waals surface area contributed by atoms with E-state index in [1.165, 1.54) is 11.1 Å². The van der Waals surface area contributed by atoms with Crippen LogP contribution in [0.2, 0.25) is 0 Å². The predicted molar refractivity (Wildman–Crippen MR) is 99.5 cm³/mol. The van der Waals surface area contributed by atoms with Gasteiger partial charge in [-0.15, -0.1) is 0 Å². The van der Waals surface area contributed by atoms with Gasteiger partial charge in [0.25, 0.3) is 0 Å². The average molecular weight is 404 g/mol. The molecule has 2 heterocycles. The molecule has 0 radical (unpaired) electrons. The summed E-state index contributed by atoms with van der Waals surface area (Å²) in [6, 6.07) is 8.60. The monoisotopic (exact) mass is 403 g/mol. The van der Waals surface area contributed by atoms with Gasteiger partial charge >= 0.3 is 5.97 Å². The molecule has 3 rings (SSSR count). The fourth-order valence-electron chi connectivity index (χ4n) is 3.13. The van der Waals surface area contributed by atoms with Crippen LogP contribution < -0.4 is 0 Å². The van der Waals surface area contributed by atoms with Crippen LogP contribution in [0.5, 0.6) is 0 Å². The highest BCUT2D eigenvalue weighted by Crippen LogP contribution is 2.18. The minimum Gasteiger partial charge on any atom is -0.481 e. The van der Waals surface area contributed by atoms with Crippen molar-refractivity contribution in [3.63, 3.8) is 0 Å². The minimum absolute atomic E-state index is 0.156. The van der Waals surface area contributed by atoms with E-state index in [1.54, 1.807) is 12.4 Å². The summed E-state index contributed by atoms with van der Waals surface area (Å²) >= 11 is 3.34. The normalized spacial score (nSPS) is 16.0. The van der Waals surface area contributed by atoms with E-state index in [4.69, 9.17) is 5.11 Å². The fraction of sp³-hybridized carbons (Fsp3) is 0.421. The molecule has 1 saturated heterocycles. The lowest BCUT2D eigenvalue weighted by molar-refractivity contribution is -0.143. The molecule has 0 spiro atoms. The summed E-state index contributed by atoms with van der Waals surface area (Å²) < 4.78 is 0.888. The molecular formula is C19H22BrN3O2. The van der Waals surface area contributed by atoms with Gasteiger partial charge in [-0.1, -0.05) is 24.3 Å². The van der Waals surface area contributed by atoms with E-state index in [1.807, 2.05) is 0 Å². The topological polar surface area (TPSA) is 66.3 Å². The Kier molecular flexibility index (Phi) is 6.15. The van der Waals surface area contributed by atoms with Gasteiger partial charge in [-0.25, -0.2) is 9.97 Å². The molecule has 2 aromatic rings. The van der Waals surface area contributed by atoms with Gasteiger partial charge in [0.05, 0.1) is 10.4 Å². The lowest BCUT2D eigenvalue weighted by Crippen LogP contribution is -2.37. The van der Waals surface area contributed by atoms with Crippen molar-refractivity contribution in [1.82, 2.24) is 14.9 Å². The average Bonchev–Trinajstić information content (AvgIpc) is 2.63. The number of rotatable bonds is 6. The number of halogens is 1. The first-order chi connectivity index (χ1) is 12.1. The molecule has 6 heteroatoms. The van der Waals surface area contributed by atoms with Gasteiger partial charge < -0.3 is 10.0 Å². The van der Waals surface area contributed by atoms with E-state index in [0.717, 1.165) is 55.6 Å². The lowest BCUT2D eigenvalue weighted by Gasteiger charge is -2.29. The summed E-state index contributed by atoms with van der Waals surface area (Å²) in [6.45, 7) is 2.76. The van der Waals surface area contributed by atoms with Crippen LogP contribution in [0.25, 0.3) is 0 Å². The second-order valence-corrected chi connectivity index (χ2v) is 7.43.